The molecule has 1 aliphatic heterocycles. The summed E-state index contributed by atoms with van der Waals surface area (Å²) >= 11 is 0. The van der Waals surface area contributed by atoms with Crippen molar-refractivity contribution in [2.45, 2.75) is 57.2 Å². The molecule has 7 nitrogen and oxygen atoms in total. The highest BCUT2D eigenvalue weighted by molar-refractivity contribution is 5.79. The van der Waals surface area contributed by atoms with Gasteiger partial charge in [0.05, 0.1) is 23.3 Å². The van der Waals surface area contributed by atoms with Crippen LogP contribution in [0.4, 0.5) is 11.5 Å². The first-order valence-corrected chi connectivity index (χ1v) is 9.70. The monoisotopic (exact) mass is 366 g/mol. The standard InChI is InChI=1S/C20H26N6O/c1-3-16-18(13-27)24(2)17-12-22-20(25-10-8-14(21)9-11-25)23-19(17)26(16)15-6-4-5-7-15/h8-13,15-16,18,21H,3-7H2,1-2H3/t16-,18?/m1/s1. The summed E-state index contributed by atoms with van der Waals surface area (Å²) in [6.45, 7) is 2.14. The van der Waals surface area contributed by atoms with Gasteiger partial charge >= 0.3 is 0 Å². The van der Waals surface area contributed by atoms with Crippen LogP contribution in [0.3, 0.4) is 0 Å². The smallest absolute Gasteiger partial charge is 0.235 e. The molecule has 1 fully saturated rings. The summed E-state index contributed by atoms with van der Waals surface area (Å²) in [5.41, 5.74) is 0.908. The fourth-order valence-electron chi connectivity index (χ4n) is 4.47. The topological polar surface area (TPSA) is 78.1 Å². The Balaban J connectivity index is 1.84. The Labute approximate surface area is 159 Å². The van der Waals surface area contributed by atoms with E-state index in [-0.39, 0.29) is 12.1 Å². The van der Waals surface area contributed by atoms with Crippen molar-refractivity contribution in [3.8, 4) is 5.95 Å². The Hall–Kier alpha value is -2.70. The van der Waals surface area contributed by atoms with Crippen LogP contribution in [0.2, 0.25) is 0 Å². The molecule has 2 atom stereocenters. The fourth-order valence-corrected chi connectivity index (χ4v) is 4.47. The summed E-state index contributed by atoms with van der Waals surface area (Å²) < 4.78 is 1.83. The zero-order valence-corrected chi connectivity index (χ0v) is 15.9. The van der Waals surface area contributed by atoms with E-state index in [2.05, 4.69) is 16.8 Å². The van der Waals surface area contributed by atoms with Gasteiger partial charge in [-0.15, -0.1) is 0 Å². The number of nitrogens with zero attached hydrogens (tertiary/aromatic N) is 5. The molecule has 0 radical (unpaired) electrons. The summed E-state index contributed by atoms with van der Waals surface area (Å²) in [6.07, 6.45) is 12.1. The molecule has 27 heavy (non-hydrogen) atoms. The zero-order chi connectivity index (χ0) is 19.0. The van der Waals surface area contributed by atoms with E-state index in [9.17, 15) is 4.79 Å². The largest absolute Gasteiger partial charge is 0.359 e. The van der Waals surface area contributed by atoms with Crippen molar-refractivity contribution >= 4 is 17.8 Å². The van der Waals surface area contributed by atoms with Crippen molar-refractivity contribution in [2.75, 3.05) is 16.8 Å². The summed E-state index contributed by atoms with van der Waals surface area (Å²) in [4.78, 5) is 25.8. The number of anilines is 2. The van der Waals surface area contributed by atoms with E-state index in [0.717, 1.165) is 37.1 Å². The minimum atomic E-state index is -0.187. The first kappa shape index (κ1) is 17.7. The maximum absolute atomic E-state index is 11.9. The molecule has 2 aliphatic rings. The van der Waals surface area contributed by atoms with E-state index >= 15 is 0 Å². The number of likely N-dealkylation sites (N-methyl/N-ethyl adjacent to an activating group) is 1. The third-order valence-electron chi connectivity index (χ3n) is 5.90. The van der Waals surface area contributed by atoms with Gasteiger partial charge in [-0.25, -0.2) is 4.98 Å². The molecule has 1 unspecified atom stereocenters. The van der Waals surface area contributed by atoms with Gasteiger partial charge < -0.3 is 20.0 Å². The van der Waals surface area contributed by atoms with Crippen LogP contribution < -0.4 is 15.2 Å². The SMILES string of the molecule is CC[C@@H]1C(C=O)N(C)c2cnc(-n3ccc(=N)cc3)nc2N1C1CCCC1. The highest BCUT2D eigenvalue weighted by atomic mass is 16.1. The van der Waals surface area contributed by atoms with Crippen LogP contribution in [0.15, 0.2) is 30.7 Å². The normalized spacial score (nSPS) is 22.7. The van der Waals surface area contributed by atoms with Crippen LogP contribution in [0.1, 0.15) is 39.0 Å². The lowest BCUT2D eigenvalue weighted by atomic mass is 9.97. The van der Waals surface area contributed by atoms with E-state index in [0.29, 0.717) is 17.3 Å². The molecule has 0 spiro atoms. The lowest BCUT2D eigenvalue weighted by Gasteiger charge is -2.48. The Morgan fingerprint density at radius 3 is 2.59 bits per heavy atom. The van der Waals surface area contributed by atoms with E-state index in [1.807, 2.05) is 35.1 Å². The van der Waals surface area contributed by atoms with Gasteiger partial charge in [0.15, 0.2) is 5.82 Å². The van der Waals surface area contributed by atoms with E-state index in [1.165, 1.54) is 12.8 Å². The maximum Gasteiger partial charge on any atom is 0.235 e. The minimum absolute atomic E-state index is 0.117. The summed E-state index contributed by atoms with van der Waals surface area (Å²) in [6, 6.07) is 3.80. The van der Waals surface area contributed by atoms with Crippen molar-refractivity contribution in [3.63, 3.8) is 0 Å². The third kappa shape index (κ3) is 3.01. The molecule has 0 amide bonds. The summed E-state index contributed by atoms with van der Waals surface area (Å²) in [7, 11) is 1.96. The second kappa shape index (κ2) is 7.13. The molecule has 0 saturated heterocycles. The second-order valence-corrected chi connectivity index (χ2v) is 7.43. The van der Waals surface area contributed by atoms with Crippen molar-refractivity contribution in [3.05, 3.63) is 36.1 Å². The Morgan fingerprint density at radius 2 is 1.96 bits per heavy atom. The highest BCUT2D eigenvalue weighted by Crippen LogP contribution is 2.41. The van der Waals surface area contributed by atoms with Gasteiger partial charge in [-0.05, 0) is 31.4 Å². The number of rotatable bonds is 4. The number of carbonyl (C=O) groups excluding carboxylic acids is 1. The van der Waals surface area contributed by atoms with Gasteiger partial charge in [-0.3, -0.25) is 4.57 Å². The van der Waals surface area contributed by atoms with Crippen LogP contribution in [0, 0.1) is 5.41 Å². The molecular weight excluding hydrogens is 340 g/mol. The molecule has 142 valence electrons. The first-order chi connectivity index (χ1) is 13.1. The molecule has 1 aliphatic carbocycles. The minimum Gasteiger partial charge on any atom is -0.359 e. The molecule has 0 aromatic carbocycles. The van der Waals surface area contributed by atoms with Crippen molar-refractivity contribution in [1.29, 1.82) is 5.41 Å². The molecular formula is C20H26N6O. The number of fused-ring (bicyclic) bond motifs is 1. The summed E-state index contributed by atoms with van der Waals surface area (Å²) in [5, 5.41) is 8.13. The number of hydrogen-bond acceptors (Lipinski definition) is 6. The van der Waals surface area contributed by atoms with E-state index in [1.54, 1.807) is 12.1 Å². The number of aromatic nitrogens is 3. The van der Waals surface area contributed by atoms with Crippen LogP contribution in [0.5, 0.6) is 0 Å². The van der Waals surface area contributed by atoms with Crippen molar-refractivity contribution in [2.24, 2.45) is 0 Å². The number of pyridine rings is 1. The molecule has 4 rings (SSSR count). The fraction of sp³-hybridized carbons (Fsp3) is 0.500. The number of carbonyl (C=O) groups is 1. The van der Waals surface area contributed by atoms with Crippen LogP contribution >= 0.6 is 0 Å². The van der Waals surface area contributed by atoms with E-state index in [4.69, 9.17) is 10.4 Å². The first-order valence-electron chi connectivity index (χ1n) is 9.70. The molecule has 2 aromatic heterocycles. The molecule has 1 saturated carbocycles. The lowest BCUT2D eigenvalue weighted by molar-refractivity contribution is -0.109. The van der Waals surface area contributed by atoms with Gasteiger partial charge in [0, 0.05) is 25.5 Å². The van der Waals surface area contributed by atoms with Gasteiger partial charge in [-0.1, -0.05) is 19.8 Å². The van der Waals surface area contributed by atoms with Crippen LogP contribution in [0.25, 0.3) is 5.95 Å². The van der Waals surface area contributed by atoms with Gasteiger partial charge in [0.25, 0.3) is 0 Å². The third-order valence-corrected chi connectivity index (χ3v) is 5.90. The second-order valence-electron chi connectivity index (χ2n) is 7.43. The lowest BCUT2D eigenvalue weighted by Crippen LogP contribution is -2.58. The number of nitrogens with one attached hydrogen (secondary N) is 1. The van der Waals surface area contributed by atoms with Gasteiger partial charge in [-0.2, -0.15) is 4.98 Å². The molecule has 1 N–H and O–H groups in total. The Bertz CT molecular complexity index is 868. The van der Waals surface area contributed by atoms with Crippen molar-refractivity contribution in [1.82, 2.24) is 14.5 Å². The Morgan fingerprint density at radius 1 is 1.26 bits per heavy atom. The molecule has 7 heteroatoms. The quantitative estimate of drug-likeness (QED) is 0.840. The zero-order valence-electron chi connectivity index (χ0n) is 15.9. The van der Waals surface area contributed by atoms with Crippen molar-refractivity contribution < 1.29 is 4.79 Å². The summed E-state index contributed by atoms with van der Waals surface area (Å²) in [5.74, 6) is 1.51. The van der Waals surface area contributed by atoms with Gasteiger partial charge in [0.2, 0.25) is 5.95 Å². The predicted octanol–water partition coefficient (Wildman–Crippen LogP) is 2.29. The average molecular weight is 366 g/mol. The molecule has 3 heterocycles. The maximum atomic E-state index is 11.9. The van der Waals surface area contributed by atoms with Crippen LogP contribution in [-0.4, -0.2) is 46.0 Å². The predicted molar refractivity (Wildman–Crippen MR) is 104 cm³/mol. The van der Waals surface area contributed by atoms with E-state index < -0.39 is 0 Å². The molecule has 0 bridgehead atoms. The molecule has 2 aromatic rings. The number of hydrogen-bond donors (Lipinski definition) is 1. The highest BCUT2D eigenvalue weighted by Gasteiger charge is 2.41. The van der Waals surface area contributed by atoms with Crippen LogP contribution in [-0.2, 0) is 4.79 Å². The Kier molecular flexibility index (Phi) is 4.68. The average Bonchev–Trinajstić information content (AvgIpc) is 3.22. The van der Waals surface area contributed by atoms with Gasteiger partial charge in [0.1, 0.15) is 12.3 Å². The number of aldehydes is 1.